The molecule has 0 amide bonds. The van der Waals surface area contributed by atoms with E-state index in [4.69, 9.17) is 56.2 Å². The Morgan fingerprint density at radius 2 is 1.13 bits per heavy atom. The third-order valence-corrected chi connectivity index (χ3v) is 11.8. The van der Waals surface area contributed by atoms with Gasteiger partial charge in [0.1, 0.15) is 51.9 Å². The van der Waals surface area contributed by atoms with Crippen molar-refractivity contribution in [3.8, 4) is 23.0 Å². The number of aromatic hydroxyl groups is 2. The maximum Gasteiger partial charge on any atom is 0.509 e. The number of benzene rings is 2. The zero-order valence-corrected chi connectivity index (χ0v) is 34.8. The van der Waals surface area contributed by atoms with Crippen LogP contribution in [0.5, 0.6) is 23.0 Å². The van der Waals surface area contributed by atoms with E-state index in [9.17, 15) is 34.2 Å². The van der Waals surface area contributed by atoms with Crippen molar-refractivity contribution < 1.29 is 80.8 Å². The molecule has 4 aliphatic rings. The average molecular weight is 855 g/mol. The molecule has 0 spiro atoms. The number of aryl methyl sites for hydroxylation is 2. The molecular formula is C42H46O19. The van der Waals surface area contributed by atoms with Crippen LogP contribution in [0, 0.1) is 13.8 Å². The molecule has 4 fully saturated rings. The van der Waals surface area contributed by atoms with Gasteiger partial charge >= 0.3 is 23.6 Å². The van der Waals surface area contributed by atoms with Gasteiger partial charge in [0.15, 0.2) is 18.0 Å². The highest BCUT2D eigenvalue weighted by atomic mass is 16.8. The minimum absolute atomic E-state index is 0.0649. The second-order valence-corrected chi connectivity index (χ2v) is 15.4. The van der Waals surface area contributed by atoms with Gasteiger partial charge in [0.05, 0.1) is 28.0 Å². The normalized spacial score (nSPS) is 30.2. The number of carbonyl (C=O) groups is 3. The predicted octanol–water partition coefficient (Wildman–Crippen LogP) is 5.46. The maximum absolute atomic E-state index is 12.2. The molecule has 0 bridgehead atoms. The van der Waals surface area contributed by atoms with E-state index in [-0.39, 0.29) is 28.1 Å². The quantitative estimate of drug-likeness (QED) is 0.121. The van der Waals surface area contributed by atoms with E-state index in [0.29, 0.717) is 35.1 Å². The van der Waals surface area contributed by atoms with E-state index in [0.717, 1.165) is 6.07 Å². The first-order valence-corrected chi connectivity index (χ1v) is 19.4. The number of ether oxygens (including phenoxy) is 10. The van der Waals surface area contributed by atoms with Crippen LogP contribution in [0.3, 0.4) is 0 Å². The van der Waals surface area contributed by atoms with Crippen molar-refractivity contribution in [2.24, 2.45) is 0 Å². The average Bonchev–Trinajstić information content (AvgIpc) is 3.79. The number of fused-ring (bicyclic) bond motifs is 4. The molecule has 328 valence electrons. The van der Waals surface area contributed by atoms with Gasteiger partial charge in [-0.15, -0.1) is 0 Å². The first kappa shape index (κ1) is 43.2. The summed E-state index contributed by atoms with van der Waals surface area (Å²) in [7, 11) is 3.03. The Morgan fingerprint density at radius 3 is 1.57 bits per heavy atom. The van der Waals surface area contributed by atoms with Crippen LogP contribution in [0.2, 0.25) is 0 Å². The number of hydrogen-bond donors (Lipinski definition) is 2. The number of carbonyl (C=O) groups excluding carboxylic acids is 3. The van der Waals surface area contributed by atoms with Gasteiger partial charge in [-0.1, -0.05) is 13.8 Å². The minimum Gasteiger partial charge on any atom is -0.507 e. The summed E-state index contributed by atoms with van der Waals surface area (Å²) >= 11 is 0. The molecule has 0 aliphatic carbocycles. The Hall–Kier alpha value is -5.89. The third kappa shape index (κ3) is 7.48. The molecule has 8 rings (SSSR count). The van der Waals surface area contributed by atoms with E-state index in [1.165, 1.54) is 27.2 Å². The molecule has 0 saturated carbocycles. The Kier molecular flexibility index (Phi) is 11.5. The van der Waals surface area contributed by atoms with Crippen molar-refractivity contribution in [2.75, 3.05) is 14.2 Å². The number of Topliss-reactive ketones (excluding diaryl/α,β-unsaturated/α-hetero) is 1. The van der Waals surface area contributed by atoms with Crippen LogP contribution < -0.4 is 20.7 Å². The molecule has 6 heterocycles. The van der Waals surface area contributed by atoms with E-state index >= 15 is 0 Å². The lowest BCUT2D eigenvalue weighted by Crippen LogP contribution is -2.63. The maximum atomic E-state index is 12.2. The molecule has 4 saturated heterocycles. The summed E-state index contributed by atoms with van der Waals surface area (Å²) in [5.41, 5.74) is -2.51. The molecule has 2 aromatic carbocycles. The first-order chi connectivity index (χ1) is 28.9. The summed E-state index contributed by atoms with van der Waals surface area (Å²) in [5, 5.41) is 21.0. The molecule has 61 heavy (non-hydrogen) atoms. The highest BCUT2D eigenvalue weighted by Crippen LogP contribution is 2.43. The van der Waals surface area contributed by atoms with Crippen LogP contribution in [-0.2, 0) is 37.9 Å². The van der Waals surface area contributed by atoms with Crippen LogP contribution in [0.4, 0.5) is 9.59 Å². The molecule has 2 N–H and O–H groups in total. The van der Waals surface area contributed by atoms with Crippen molar-refractivity contribution in [3.63, 3.8) is 0 Å². The van der Waals surface area contributed by atoms with E-state index in [2.05, 4.69) is 0 Å². The molecule has 4 aromatic rings. The molecule has 19 heteroatoms. The number of methoxy groups -OCH3 is 2. The van der Waals surface area contributed by atoms with Gasteiger partial charge in [-0.3, -0.25) is 4.79 Å². The largest absolute Gasteiger partial charge is 0.509 e. The van der Waals surface area contributed by atoms with Crippen LogP contribution >= 0.6 is 0 Å². The SMILES string of the molecule is CC[C@]1(C)OC(Oc2ccc3c(O)c(C(C)=O)c(=O)oc3c2C)C2OC(=O)OC2C1OC.CC[C@]1(C)OC(Oc2ccc3c(O)cc(=O)oc3c2C)C2OC(=O)OC2C1OC. The Morgan fingerprint density at radius 1 is 0.689 bits per heavy atom. The minimum atomic E-state index is -1.03. The Bertz CT molecular complexity index is 2510. The van der Waals surface area contributed by atoms with Gasteiger partial charge in [0.2, 0.25) is 24.8 Å². The third-order valence-electron chi connectivity index (χ3n) is 11.8. The van der Waals surface area contributed by atoms with Crippen LogP contribution in [-0.4, -0.2) is 103 Å². The zero-order chi connectivity index (χ0) is 44.3. The van der Waals surface area contributed by atoms with Crippen molar-refractivity contribution in [1.29, 1.82) is 0 Å². The lowest BCUT2D eigenvalue weighted by molar-refractivity contribution is -0.289. The van der Waals surface area contributed by atoms with Crippen molar-refractivity contribution in [1.82, 2.24) is 0 Å². The van der Waals surface area contributed by atoms with Gasteiger partial charge in [-0.2, -0.15) is 0 Å². The summed E-state index contributed by atoms with van der Waals surface area (Å²) < 4.78 is 67.3. The second-order valence-electron chi connectivity index (χ2n) is 15.4. The summed E-state index contributed by atoms with van der Waals surface area (Å²) in [4.78, 5) is 59.2. The number of hydrogen-bond acceptors (Lipinski definition) is 19. The molecule has 19 nitrogen and oxygen atoms in total. The molecule has 10 atom stereocenters. The highest BCUT2D eigenvalue weighted by Gasteiger charge is 2.61. The van der Waals surface area contributed by atoms with E-state index in [1.54, 1.807) is 32.0 Å². The fourth-order valence-corrected chi connectivity index (χ4v) is 8.18. The summed E-state index contributed by atoms with van der Waals surface area (Å²) in [6.07, 6.45) is -6.80. The van der Waals surface area contributed by atoms with Gasteiger partial charge < -0.3 is 66.4 Å². The van der Waals surface area contributed by atoms with Crippen molar-refractivity contribution >= 4 is 40.0 Å². The highest BCUT2D eigenvalue weighted by molar-refractivity contribution is 6.02. The molecule has 8 unspecified atom stereocenters. The van der Waals surface area contributed by atoms with E-state index in [1.807, 2.05) is 27.7 Å². The topological polar surface area (TPSA) is 244 Å². The number of rotatable bonds is 9. The Balaban J connectivity index is 0.000000185. The molecule has 4 aliphatic heterocycles. The van der Waals surface area contributed by atoms with Gasteiger partial charge in [-0.25, -0.2) is 19.2 Å². The lowest BCUT2D eigenvalue weighted by Gasteiger charge is -2.46. The van der Waals surface area contributed by atoms with Gasteiger partial charge in [0.25, 0.3) is 0 Å². The molecule has 0 radical (unpaired) electrons. The van der Waals surface area contributed by atoms with Crippen molar-refractivity contribution in [3.05, 3.63) is 67.9 Å². The standard InChI is InChI=1S/C22H24O10.C20H22O9/c1-6-22(4)18(27-5)16-17(31-21(26)30-16)20(32-22)28-12-8-7-11-14(24)13(10(3)23)19(25)29-15(11)9(12)2;1-5-20(3)17(24-4)15-16(28-19(23)27-15)18(29-20)25-12-7-6-10-11(21)8-13(22)26-14(10)9(12)2/h7-8,16-18,20,24H,6H2,1-5H3;6-8,15-18,21H,5H2,1-4H3/t16?,17?,18?,20?,22-;15?,16?,17?,18?,20-/m00/s1. The van der Waals surface area contributed by atoms with Crippen LogP contribution in [0.1, 0.15) is 68.9 Å². The van der Waals surface area contributed by atoms with Gasteiger partial charge in [-0.05, 0) is 71.7 Å². The molecular weight excluding hydrogens is 808 g/mol. The van der Waals surface area contributed by atoms with E-state index < -0.39 is 101 Å². The second kappa shape index (κ2) is 16.2. The lowest BCUT2D eigenvalue weighted by atomic mass is 9.86. The zero-order valence-electron chi connectivity index (χ0n) is 34.8. The summed E-state index contributed by atoms with van der Waals surface area (Å²) in [6, 6.07) is 7.22. The van der Waals surface area contributed by atoms with Crippen LogP contribution in [0.25, 0.3) is 21.9 Å². The smallest absolute Gasteiger partial charge is 0.507 e. The summed E-state index contributed by atoms with van der Waals surface area (Å²) in [6.45, 7) is 12.0. The van der Waals surface area contributed by atoms with Crippen molar-refractivity contribution in [2.45, 2.75) is 122 Å². The first-order valence-electron chi connectivity index (χ1n) is 19.4. The molecule has 2 aromatic heterocycles. The number of ketones is 1. The van der Waals surface area contributed by atoms with Gasteiger partial charge in [0, 0.05) is 25.3 Å². The fourth-order valence-electron chi connectivity index (χ4n) is 8.18. The predicted molar refractivity (Wildman–Crippen MR) is 208 cm³/mol. The van der Waals surface area contributed by atoms with Crippen LogP contribution in [0.15, 0.2) is 48.8 Å². The monoisotopic (exact) mass is 854 g/mol. The fraction of sp³-hybridized carbons (Fsp3) is 0.500. The Labute approximate surface area is 347 Å². The summed E-state index contributed by atoms with van der Waals surface area (Å²) in [5.74, 6) is -0.609.